The summed E-state index contributed by atoms with van der Waals surface area (Å²) in [6.45, 7) is 2.96. The van der Waals surface area contributed by atoms with Crippen molar-refractivity contribution < 1.29 is 4.79 Å². The Balaban J connectivity index is 1.85. The highest BCUT2D eigenvalue weighted by Crippen LogP contribution is 2.16. The molecule has 1 aromatic carbocycles. The molecule has 2 atom stereocenters. The van der Waals surface area contributed by atoms with E-state index in [9.17, 15) is 4.79 Å². The van der Waals surface area contributed by atoms with Crippen molar-refractivity contribution in [2.45, 2.75) is 44.7 Å². The first kappa shape index (κ1) is 14.4. The van der Waals surface area contributed by atoms with Gasteiger partial charge in [-0.1, -0.05) is 36.2 Å². The summed E-state index contributed by atoms with van der Waals surface area (Å²) < 4.78 is 0. The van der Waals surface area contributed by atoms with Crippen LogP contribution in [0, 0.1) is 0 Å². The van der Waals surface area contributed by atoms with E-state index in [2.05, 4.69) is 10.6 Å². The van der Waals surface area contributed by atoms with Crippen molar-refractivity contribution in [3.63, 3.8) is 0 Å². The Morgan fingerprint density at radius 3 is 2.95 bits per heavy atom. The fourth-order valence-electron chi connectivity index (χ4n) is 2.46. The Morgan fingerprint density at radius 1 is 1.47 bits per heavy atom. The van der Waals surface area contributed by atoms with E-state index in [-0.39, 0.29) is 18.0 Å². The standard InChI is InChI=1S/C15H21ClN2O/c1-11(10-12-6-2-3-7-13(12)16)18-15(19)14-8-4-5-9-17-14/h2-3,6-7,11,14,17H,4-5,8-10H2,1H3,(H,18,19)/t11?,14-/m0/s1. The van der Waals surface area contributed by atoms with E-state index in [1.807, 2.05) is 31.2 Å². The van der Waals surface area contributed by atoms with Crippen molar-refractivity contribution in [2.75, 3.05) is 6.54 Å². The molecule has 0 bridgehead atoms. The van der Waals surface area contributed by atoms with Crippen LogP contribution in [-0.2, 0) is 11.2 Å². The summed E-state index contributed by atoms with van der Waals surface area (Å²) in [4.78, 5) is 12.1. The predicted octanol–water partition coefficient (Wildman–Crippen LogP) is 2.53. The molecule has 2 rings (SSSR count). The number of piperidine rings is 1. The second kappa shape index (κ2) is 6.92. The van der Waals surface area contributed by atoms with E-state index < -0.39 is 0 Å². The zero-order chi connectivity index (χ0) is 13.7. The molecule has 4 heteroatoms. The fraction of sp³-hybridized carbons (Fsp3) is 0.533. The monoisotopic (exact) mass is 280 g/mol. The summed E-state index contributed by atoms with van der Waals surface area (Å²) in [6, 6.07) is 7.84. The molecular formula is C15H21ClN2O. The molecular weight excluding hydrogens is 260 g/mol. The van der Waals surface area contributed by atoms with E-state index in [1.54, 1.807) is 0 Å². The van der Waals surface area contributed by atoms with E-state index in [1.165, 1.54) is 6.42 Å². The lowest BCUT2D eigenvalue weighted by Crippen LogP contribution is -2.49. The lowest BCUT2D eigenvalue weighted by molar-refractivity contribution is -0.124. The number of benzene rings is 1. The Hall–Kier alpha value is -1.06. The lowest BCUT2D eigenvalue weighted by Gasteiger charge is -2.24. The number of rotatable bonds is 4. The molecule has 0 aromatic heterocycles. The largest absolute Gasteiger partial charge is 0.352 e. The molecule has 3 nitrogen and oxygen atoms in total. The first-order valence-electron chi connectivity index (χ1n) is 6.94. The van der Waals surface area contributed by atoms with Gasteiger partial charge in [0.15, 0.2) is 0 Å². The summed E-state index contributed by atoms with van der Waals surface area (Å²) >= 11 is 6.13. The molecule has 104 valence electrons. The van der Waals surface area contributed by atoms with Gasteiger partial charge in [0.25, 0.3) is 0 Å². The Morgan fingerprint density at radius 2 is 2.26 bits per heavy atom. The third-order valence-corrected chi connectivity index (χ3v) is 3.87. The summed E-state index contributed by atoms with van der Waals surface area (Å²) in [5.74, 6) is 0.110. The van der Waals surface area contributed by atoms with Crippen LogP contribution in [0.2, 0.25) is 5.02 Å². The minimum Gasteiger partial charge on any atom is -0.352 e. The maximum absolute atomic E-state index is 12.1. The Kier molecular flexibility index (Phi) is 5.23. The SMILES string of the molecule is CC(Cc1ccccc1Cl)NC(=O)[C@@H]1CCCCN1. The van der Waals surface area contributed by atoms with Crippen molar-refractivity contribution in [3.05, 3.63) is 34.9 Å². The Labute approximate surface area is 119 Å². The quantitative estimate of drug-likeness (QED) is 0.890. The summed E-state index contributed by atoms with van der Waals surface area (Å²) in [7, 11) is 0. The number of carbonyl (C=O) groups excluding carboxylic acids is 1. The first-order valence-corrected chi connectivity index (χ1v) is 7.32. The summed E-state index contributed by atoms with van der Waals surface area (Å²) in [6.07, 6.45) is 3.99. The average molecular weight is 281 g/mol. The van der Waals surface area contributed by atoms with Crippen LogP contribution in [0.25, 0.3) is 0 Å². The molecule has 1 aliphatic rings. The van der Waals surface area contributed by atoms with E-state index >= 15 is 0 Å². The maximum atomic E-state index is 12.1. The van der Waals surface area contributed by atoms with Crippen LogP contribution in [0.5, 0.6) is 0 Å². The van der Waals surface area contributed by atoms with Crippen LogP contribution in [0.4, 0.5) is 0 Å². The van der Waals surface area contributed by atoms with Crippen LogP contribution in [0.3, 0.4) is 0 Å². The summed E-state index contributed by atoms with van der Waals surface area (Å²) in [5, 5.41) is 7.09. The number of carbonyl (C=O) groups is 1. The third-order valence-electron chi connectivity index (χ3n) is 3.50. The van der Waals surface area contributed by atoms with Crippen molar-refractivity contribution in [1.82, 2.24) is 10.6 Å². The molecule has 0 spiro atoms. The second-order valence-electron chi connectivity index (χ2n) is 5.21. The minimum atomic E-state index is -0.0255. The van der Waals surface area contributed by atoms with Crippen LogP contribution < -0.4 is 10.6 Å². The number of amides is 1. The van der Waals surface area contributed by atoms with Gasteiger partial charge < -0.3 is 10.6 Å². The van der Waals surface area contributed by atoms with E-state index in [4.69, 9.17) is 11.6 Å². The number of hydrogen-bond acceptors (Lipinski definition) is 2. The molecule has 1 aliphatic heterocycles. The topological polar surface area (TPSA) is 41.1 Å². The highest BCUT2D eigenvalue weighted by molar-refractivity contribution is 6.31. The maximum Gasteiger partial charge on any atom is 0.237 e. The van der Waals surface area contributed by atoms with E-state index in [0.717, 1.165) is 36.4 Å². The van der Waals surface area contributed by atoms with Gasteiger partial charge in [-0.25, -0.2) is 0 Å². The zero-order valence-electron chi connectivity index (χ0n) is 11.3. The smallest absolute Gasteiger partial charge is 0.237 e. The molecule has 1 aromatic rings. The van der Waals surface area contributed by atoms with Gasteiger partial charge in [0.1, 0.15) is 0 Å². The van der Waals surface area contributed by atoms with Crippen LogP contribution in [-0.4, -0.2) is 24.5 Å². The fourth-order valence-corrected chi connectivity index (χ4v) is 2.68. The number of hydrogen-bond donors (Lipinski definition) is 2. The predicted molar refractivity (Wildman–Crippen MR) is 78.4 cm³/mol. The summed E-state index contributed by atoms with van der Waals surface area (Å²) in [5.41, 5.74) is 1.08. The highest BCUT2D eigenvalue weighted by Gasteiger charge is 2.21. The molecule has 0 aliphatic carbocycles. The van der Waals surface area contributed by atoms with Crippen LogP contribution >= 0.6 is 11.6 Å². The Bertz CT molecular complexity index is 430. The van der Waals surface area contributed by atoms with Gasteiger partial charge in [0.05, 0.1) is 6.04 Å². The average Bonchev–Trinajstić information content (AvgIpc) is 2.42. The molecule has 19 heavy (non-hydrogen) atoms. The lowest BCUT2D eigenvalue weighted by atomic mass is 10.0. The number of nitrogens with one attached hydrogen (secondary N) is 2. The van der Waals surface area contributed by atoms with Gasteiger partial charge in [-0.05, 0) is 44.4 Å². The van der Waals surface area contributed by atoms with Gasteiger partial charge in [0, 0.05) is 11.1 Å². The molecule has 1 amide bonds. The molecule has 1 saturated heterocycles. The van der Waals surface area contributed by atoms with Gasteiger partial charge in [-0.3, -0.25) is 4.79 Å². The molecule has 1 unspecified atom stereocenters. The van der Waals surface area contributed by atoms with Crippen molar-refractivity contribution in [1.29, 1.82) is 0 Å². The highest BCUT2D eigenvalue weighted by atomic mass is 35.5. The second-order valence-corrected chi connectivity index (χ2v) is 5.61. The van der Waals surface area contributed by atoms with Gasteiger partial charge in [0.2, 0.25) is 5.91 Å². The van der Waals surface area contributed by atoms with E-state index in [0.29, 0.717) is 0 Å². The molecule has 0 saturated carbocycles. The molecule has 0 radical (unpaired) electrons. The van der Waals surface area contributed by atoms with Crippen molar-refractivity contribution in [2.24, 2.45) is 0 Å². The van der Waals surface area contributed by atoms with Crippen molar-refractivity contribution in [3.8, 4) is 0 Å². The van der Waals surface area contributed by atoms with Crippen LogP contribution in [0.1, 0.15) is 31.7 Å². The van der Waals surface area contributed by atoms with Crippen LogP contribution in [0.15, 0.2) is 24.3 Å². The van der Waals surface area contributed by atoms with Crippen molar-refractivity contribution >= 4 is 17.5 Å². The first-order chi connectivity index (χ1) is 9.16. The minimum absolute atomic E-state index is 0.0255. The van der Waals surface area contributed by atoms with Gasteiger partial charge in [-0.15, -0.1) is 0 Å². The molecule has 1 heterocycles. The van der Waals surface area contributed by atoms with Gasteiger partial charge in [-0.2, -0.15) is 0 Å². The molecule has 1 fully saturated rings. The molecule has 2 N–H and O–H groups in total. The number of halogens is 1. The normalized spacial score (nSPS) is 20.8. The third kappa shape index (κ3) is 4.22. The zero-order valence-corrected chi connectivity index (χ0v) is 12.0. The van der Waals surface area contributed by atoms with Gasteiger partial charge >= 0.3 is 0 Å².